The first-order valence-electron chi connectivity index (χ1n) is 12.7. The fraction of sp³-hybridized carbons (Fsp3) is 0.161. The molecule has 6 aromatic rings. The average Bonchev–Trinajstić information content (AvgIpc) is 3.70. The molecule has 9 nitrogen and oxygen atoms in total. The maximum Gasteiger partial charge on any atom is 0.341 e. The minimum atomic E-state index is -1.02. The number of carboxylic acids is 1. The van der Waals surface area contributed by atoms with Gasteiger partial charge < -0.3 is 32.7 Å². The number of ether oxygens (including phenoxy) is 3. The molecule has 0 aliphatic rings. The fourth-order valence-corrected chi connectivity index (χ4v) is 4.82. The van der Waals surface area contributed by atoms with Crippen LogP contribution < -0.4 is 14.2 Å². The molecule has 6 rings (SSSR count). The lowest BCUT2D eigenvalue weighted by Gasteiger charge is -2.13. The van der Waals surface area contributed by atoms with Crippen LogP contribution in [-0.2, 0) is 17.9 Å². The van der Waals surface area contributed by atoms with Crippen LogP contribution in [0.15, 0.2) is 87.9 Å². The van der Waals surface area contributed by atoms with Crippen molar-refractivity contribution in [2.75, 3.05) is 13.7 Å². The number of para-hydroxylation sites is 1. The standard InChI is InChI=1S/C31H26N2O7/c1-19-22(32-31(40-19)27-11-6-14-37-27)17-38-25-13-12-20(15-28(25)36-2)16-33-23-8-4-3-7-21(23)30-24(33)9-5-10-26(30)39-18-29(34)35/h3-15H,16-18H2,1-2H3,(H,34,35). The molecule has 0 fully saturated rings. The van der Waals surface area contributed by atoms with E-state index in [-0.39, 0.29) is 6.61 Å². The number of rotatable bonds is 10. The van der Waals surface area contributed by atoms with E-state index in [0.717, 1.165) is 27.4 Å². The van der Waals surface area contributed by atoms with Crippen LogP contribution in [0, 0.1) is 6.92 Å². The molecule has 0 unspecified atom stereocenters. The Kier molecular flexibility index (Phi) is 6.61. The molecular formula is C31H26N2O7. The summed E-state index contributed by atoms with van der Waals surface area (Å²) < 4.78 is 30.7. The van der Waals surface area contributed by atoms with Crippen LogP contribution in [0.1, 0.15) is 17.0 Å². The van der Waals surface area contributed by atoms with E-state index in [1.807, 2.05) is 61.5 Å². The summed E-state index contributed by atoms with van der Waals surface area (Å²) >= 11 is 0. The van der Waals surface area contributed by atoms with Crippen LogP contribution >= 0.6 is 0 Å². The van der Waals surface area contributed by atoms with Gasteiger partial charge in [-0.15, -0.1) is 0 Å². The molecule has 0 bridgehead atoms. The van der Waals surface area contributed by atoms with Crippen LogP contribution in [-0.4, -0.2) is 34.3 Å². The van der Waals surface area contributed by atoms with E-state index in [9.17, 15) is 4.79 Å². The number of hydrogen-bond donors (Lipinski definition) is 1. The summed E-state index contributed by atoms with van der Waals surface area (Å²) in [5.41, 5.74) is 3.62. The quantitative estimate of drug-likeness (QED) is 0.212. The molecule has 0 aliphatic carbocycles. The summed E-state index contributed by atoms with van der Waals surface area (Å²) in [6.45, 7) is 2.19. The van der Waals surface area contributed by atoms with E-state index in [1.165, 1.54) is 0 Å². The van der Waals surface area contributed by atoms with E-state index in [0.29, 0.717) is 46.9 Å². The average molecular weight is 539 g/mol. The lowest BCUT2D eigenvalue weighted by atomic mass is 10.1. The summed E-state index contributed by atoms with van der Waals surface area (Å²) in [5, 5.41) is 11.0. The van der Waals surface area contributed by atoms with Gasteiger partial charge in [-0.05, 0) is 55.0 Å². The van der Waals surface area contributed by atoms with E-state index >= 15 is 0 Å². The van der Waals surface area contributed by atoms with Crippen molar-refractivity contribution in [2.45, 2.75) is 20.1 Å². The molecule has 202 valence electrons. The van der Waals surface area contributed by atoms with Gasteiger partial charge >= 0.3 is 5.97 Å². The number of aliphatic carboxylic acids is 1. The third-order valence-corrected chi connectivity index (χ3v) is 6.67. The number of benzene rings is 3. The van der Waals surface area contributed by atoms with Crippen molar-refractivity contribution in [3.8, 4) is 28.9 Å². The van der Waals surface area contributed by atoms with Gasteiger partial charge in [0, 0.05) is 22.8 Å². The number of carbonyl (C=O) groups is 1. The van der Waals surface area contributed by atoms with Gasteiger partial charge in [0.1, 0.15) is 23.8 Å². The number of methoxy groups -OCH3 is 1. The van der Waals surface area contributed by atoms with E-state index in [1.54, 1.807) is 31.6 Å². The highest BCUT2D eigenvalue weighted by Gasteiger charge is 2.18. The van der Waals surface area contributed by atoms with Crippen LogP contribution in [0.2, 0.25) is 0 Å². The predicted octanol–water partition coefficient (Wildman–Crippen LogP) is 6.45. The van der Waals surface area contributed by atoms with Gasteiger partial charge in [-0.2, -0.15) is 0 Å². The number of fused-ring (bicyclic) bond motifs is 3. The molecule has 0 atom stereocenters. The monoisotopic (exact) mass is 538 g/mol. The Morgan fingerprint density at radius 2 is 1.80 bits per heavy atom. The Balaban J connectivity index is 1.28. The lowest BCUT2D eigenvalue weighted by Crippen LogP contribution is -2.09. The number of aryl methyl sites for hydroxylation is 1. The van der Waals surface area contributed by atoms with Gasteiger partial charge in [-0.1, -0.05) is 30.3 Å². The van der Waals surface area contributed by atoms with Gasteiger partial charge in [-0.25, -0.2) is 9.78 Å². The molecule has 0 radical (unpaired) electrons. The summed E-state index contributed by atoms with van der Waals surface area (Å²) in [4.78, 5) is 15.6. The van der Waals surface area contributed by atoms with E-state index < -0.39 is 12.6 Å². The van der Waals surface area contributed by atoms with Gasteiger partial charge in [0.2, 0.25) is 0 Å². The summed E-state index contributed by atoms with van der Waals surface area (Å²) in [6, 6.07) is 23.1. The van der Waals surface area contributed by atoms with Gasteiger partial charge in [0.05, 0.1) is 18.9 Å². The Hall–Kier alpha value is -5.18. The van der Waals surface area contributed by atoms with Crippen molar-refractivity contribution in [3.05, 3.63) is 96.1 Å². The van der Waals surface area contributed by atoms with Gasteiger partial charge in [0.25, 0.3) is 5.89 Å². The molecule has 0 amide bonds. The highest BCUT2D eigenvalue weighted by atomic mass is 16.5. The minimum Gasteiger partial charge on any atom is -0.493 e. The number of nitrogens with zero attached hydrogens (tertiary/aromatic N) is 2. The Morgan fingerprint density at radius 1 is 0.950 bits per heavy atom. The third kappa shape index (κ3) is 4.73. The Labute approximate surface area is 229 Å². The molecular weight excluding hydrogens is 512 g/mol. The summed E-state index contributed by atoms with van der Waals surface area (Å²) in [7, 11) is 1.61. The van der Waals surface area contributed by atoms with Crippen LogP contribution in [0.3, 0.4) is 0 Å². The Morgan fingerprint density at radius 3 is 2.60 bits per heavy atom. The van der Waals surface area contributed by atoms with Gasteiger partial charge in [0.15, 0.2) is 23.9 Å². The molecule has 9 heteroatoms. The van der Waals surface area contributed by atoms with E-state index in [4.69, 9.17) is 28.2 Å². The molecule has 3 aromatic heterocycles. The number of hydrogen-bond acceptors (Lipinski definition) is 7. The zero-order chi connectivity index (χ0) is 27.6. The second-order valence-electron chi connectivity index (χ2n) is 9.21. The second-order valence-corrected chi connectivity index (χ2v) is 9.21. The lowest BCUT2D eigenvalue weighted by molar-refractivity contribution is -0.139. The smallest absolute Gasteiger partial charge is 0.341 e. The SMILES string of the molecule is COc1cc(Cn2c3ccccc3c3c(OCC(=O)O)cccc32)ccc1OCc1nc(-c2ccco2)oc1C. The maximum atomic E-state index is 11.1. The molecule has 0 aliphatic heterocycles. The molecule has 3 aromatic carbocycles. The Bertz CT molecular complexity index is 1810. The molecule has 3 heterocycles. The largest absolute Gasteiger partial charge is 0.493 e. The third-order valence-electron chi connectivity index (χ3n) is 6.67. The van der Waals surface area contributed by atoms with Crippen LogP contribution in [0.5, 0.6) is 17.2 Å². The summed E-state index contributed by atoms with van der Waals surface area (Å²) in [5.74, 6) is 2.31. The minimum absolute atomic E-state index is 0.206. The second kappa shape index (κ2) is 10.5. The highest BCUT2D eigenvalue weighted by Crippen LogP contribution is 2.37. The van der Waals surface area contributed by atoms with Crippen molar-refractivity contribution < 1.29 is 32.9 Å². The van der Waals surface area contributed by atoms with Crippen molar-refractivity contribution in [2.24, 2.45) is 0 Å². The molecule has 0 spiro atoms. The predicted molar refractivity (Wildman–Crippen MR) is 148 cm³/mol. The van der Waals surface area contributed by atoms with E-state index in [2.05, 4.69) is 9.55 Å². The number of carboxylic acid groups (broad SMARTS) is 1. The molecule has 0 saturated carbocycles. The molecule has 40 heavy (non-hydrogen) atoms. The molecule has 1 N–H and O–H groups in total. The number of oxazole rings is 1. The molecule has 0 saturated heterocycles. The highest BCUT2D eigenvalue weighted by molar-refractivity contribution is 6.11. The fourth-order valence-electron chi connectivity index (χ4n) is 4.82. The first kappa shape index (κ1) is 25.1. The van der Waals surface area contributed by atoms with Crippen molar-refractivity contribution in [1.29, 1.82) is 0 Å². The maximum absolute atomic E-state index is 11.1. The van der Waals surface area contributed by atoms with Crippen LogP contribution in [0.25, 0.3) is 33.5 Å². The zero-order valence-electron chi connectivity index (χ0n) is 21.9. The number of furan rings is 1. The first-order valence-corrected chi connectivity index (χ1v) is 12.7. The van der Waals surface area contributed by atoms with Crippen molar-refractivity contribution >= 4 is 27.8 Å². The summed E-state index contributed by atoms with van der Waals surface area (Å²) in [6.07, 6.45) is 1.57. The van der Waals surface area contributed by atoms with Gasteiger partial charge in [-0.3, -0.25) is 0 Å². The topological polar surface area (TPSA) is 109 Å². The van der Waals surface area contributed by atoms with Crippen LogP contribution in [0.4, 0.5) is 0 Å². The normalized spacial score (nSPS) is 11.2. The first-order chi connectivity index (χ1) is 19.5. The number of aromatic nitrogens is 2. The zero-order valence-corrected chi connectivity index (χ0v) is 21.9. The van der Waals surface area contributed by atoms with Crippen molar-refractivity contribution in [3.63, 3.8) is 0 Å². The van der Waals surface area contributed by atoms with Crippen molar-refractivity contribution in [1.82, 2.24) is 9.55 Å².